The molecule has 0 radical (unpaired) electrons. The van der Waals surface area contributed by atoms with Crippen LogP contribution in [0.25, 0.3) is 0 Å². The predicted octanol–water partition coefficient (Wildman–Crippen LogP) is 2.73. The lowest BCUT2D eigenvalue weighted by Crippen LogP contribution is -2.42. The Morgan fingerprint density at radius 2 is 2.36 bits per heavy atom. The van der Waals surface area contributed by atoms with Gasteiger partial charge in [-0.15, -0.1) is 0 Å². The highest BCUT2D eigenvalue weighted by molar-refractivity contribution is 5.96. The second kappa shape index (κ2) is 7.49. The minimum atomic E-state index is -0.184. The van der Waals surface area contributed by atoms with E-state index in [1.54, 1.807) is 18.2 Å². The molecule has 1 aliphatic heterocycles. The van der Waals surface area contributed by atoms with Crippen LogP contribution in [-0.4, -0.2) is 28.3 Å². The summed E-state index contributed by atoms with van der Waals surface area (Å²) < 4.78 is 7.78. The van der Waals surface area contributed by atoms with Gasteiger partial charge in [-0.25, -0.2) is 0 Å². The van der Waals surface area contributed by atoms with E-state index in [1.165, 1.54) is 0 Å². The lowest BCUT2D eigenvalue weighted by molar-refractivity contribution is -0.00951. The molecular formula is C19H22N4O2. The molecule has 0 aliphatic carbocycles. The molecule has 2 aromatic rings. The first-order valence-corrected chi connectivity index (χ1v) is 8.58. The molecule has 1 saturated heterocycles. The molecule has 6 heteroatoms. The number of nitrogens with one attached hydrogen (secondary N) is 1. The number of amides is 1. The fraction of sp³-hybridized carbons (Fsp3) is 0.421. The van der Waals surface area contributed by atoms with Crippen molar-refractivity contribution in [2.45, 2.75) is 45.4 Å². The maximum Gasteiger partial charge on any atom is 0.251 e. The molecule has 2 heterocycles. The number of nitriles is 1. The zero-order valence-electron chi connectivity index (χ0n) is 14.5. The fourth-order valence-electron chi connectivity index (χ4n) is 3.19. The zero-order valence-corrected chi connectivity index (χ0v) is 14.5. The van der Waals surface area contributed by atoms with Gasteiger partial charge in [0.15, 0.2) is 0 Å². The molecule has 1 amide bonds. The molecule has 0 spiro atoms. The molecule has 1 aromatic carbocycles. The van der Waals surface area contributed by atoms with Gasteiger partial charge in [-0.3, -0.25) is 9.48 Å². The van der Waals surface area contributed by atoms with Crippen molar-refractivity contribution in [1.29, 1.82) is 5.26 Å². The van der Waals surface area contributed by atoms with E-state index in [0.717, 1.165) is 30.5 Å². The normalized spacial score (nSPS) is 20.0. The van der Waals surface area contributed by atoms with Crippen LogP contribution < -0.4 is 5.32 Å². The summed E-state index contributed by atoms with van der Waals surface area (Å²) >= 11 is 0. The first-order chi connectivity index (χ1) is 12.1. The lowest BCUT2D eigenvalue weighted by atomic mass is 9.97. The molecule has 1 aliphatic rings. The third kappa shape index (κ3) is 3.72. The summed E-state index contributed by atoms with van der Waals surface area (Å²) in [6, 6.07) is 7.10. The van der Waals surface area contributed by atoms with Gasteiger partial charge < -0.3 is 10.1 Å². The molecule has 2 atom stereocenters. The van der Waals surface area contributed by atoms with Crippen LogP contribution in [0.2, 0.25) is 0 Å². The summed E-state index contributed by atoms with van der Waals surface area (Å²) in [6.45, 7) is 5.36. The number of aryl methyl sites for hydroxylation is 2. The standard InChI is InChI=1S/C19H22N4O2/c1-3-23-12-15(11-21-23)18-17(5-4-8-25-18)22-19(24)16-7-6-14(10-20)9-13(16)2/h6-7,9,11-12,17-18H,3-5,8H2,1-2H3,(H,22,24)/t17-,18+/m0/s1. The van der Waals surface area contributed by atoms with E-state index in [-0.39, 0.29) is 18.1 Å². The van der Waals surface area contributed by atoms with Crippen molar-refractivity contribution >= 4 is 5.91 Å². The predicted molar refractivity (Wildman–Crippen MR) is 93.0 cm³/mol. The highest BCUT2D eigenvalue weighted by atomic mass is 16.5. The van der Waals surface area contributed by atoms with E-state index in [9.17, 15) is 4.79 Å². The second-order valence-corrected chi connectivity index (χ2v) is 6.28. The molecule has 1 aromatic heterocycles. The van der Waals surface area contributed by atoms with Crippen molar-refractivity contribution in [2.75, 3.05) is 6.61 Å². The SMILES string of the molecule is CCn1cc([C@H]2OCCC[C@@H]2NC(=O)c2ccc(C#N)cc2C)cn1. The van der Waals surface area contributed by atoms with Gasteiger partial charge in [0, 0.05) is 30.5 Å². The number of hydrogen-bond donors (Lipinski definition) is 1. The molecule has 3 rings (SSSR count). The molecule has 0 saturated carbocycles. The highest BCUT2D eigenvalue weighted by Crippen LogP contribution is 2.28. The molecule has 130 valence electrons. The van der Waals surface area contributed by atoms with Crippen LogP contribution in [0.5, 0.6) is 0 Å². The summed E-state index contributed by atoms with van der Waals surface area (Å²) in [5.74, 6) is -0.134. The Morgan fingerprint density at radius 1 is 1.52 bits per heavy atom. The number of benzene rings is 1. The Hall–Kier alpha value is -2.65. The van der Waals surface area contributed by atoms with Crippen LogP contribution in [-0.2, 0) is 11.3 Å². The van der Waals surface area contributed by atoms with E-state index < -0.39 is 0 Å². The number of hydrogen-bond acceptors (Lipinski definition) is 4. The van der Waals surface area contributed by atoms with E-state index >= 15 is 0 Å². The van der Waals surface area contributed by atoms with E-state index in [0.29, 0.717) is 17.7 Å². The quantitative estimate of drug-likeness (QED) is 0.929. The smallest absolute Gasteiger partial charge is 0.251 e. The largest absolute Gasteiger partial charge is 0.371 e. The lowest BCUT2D eigenvalue weighted by Gasteiger charge is -2.32. The monoisotopic (exact) mass is 338 g/mol. The average molecular weight is 338 g/mol. The van der Waals surface area contributed by atoms with Crippen LogP contribution in [0, 0.1) is 18.3 Å². The fourth-order valence-corrected chi connectivity index (χ4v) is 3.19. The number of carbonyl (C=O) groups is 1. The molecule has 6 nitrogen and oxygen atoms in total. The minimum Gasteiger partial charge on any atom is -0.371 e. The van der Waals surface area contributed by atoms with Gasteiger partial charge in [0.05, 0.1) is 23.9 Å². The van der Waals surface area contributed by atoms with Crippen LogP contribution in [0.4, 0.5) is 0 Å². The first kappa shape index (κ1) is 17.2. The van der Waals surface area contributed by atoms with Crippen molar-refractivity contribution in [2.24, 2.45) is 0 Å². The molecule has 1 N–H and O–H groups in total. The van der Waals surface area contributed by atoms with Gasteiger partial charge in [0.2, 0.25) is 0 Å². The molecular weight excluding hydrogens is 316 g/mol. The number of rotatable bonds is 4. The van der Waals surface area contributed by atoms with Crippen LogP contribution >= 0.6 is 0 Å². The third-order valence-electron chi connectivity index (χ3n) is 4.54. The van der Waals surface area contributed by atoms with Gasteiger partial charge >= 0.3 is 0 Å². The zero-order chi connectivity index (χ0) is 17.8. The van der Waals surface area contributed by atoms with E-state index in [2.05, 4.69) is 16.5 Å². The van der Waals surface area contributed by atoms with E-state index in [4.69, 9.17) is 10.00 Å². The van der Waals surface area contributed by atoms with Gasteiger partial charge in [-0.05, 0) is 50.5 Å². The van der Waals surface area contributed by atoms with Gasteiger partial charge in [0.1, 0.15) is 6.10 Å². The molecule has 25 heavy (non-hydrogen) atoms. The Kier molecular flexibility index (Phi) is 5.15. The summed E-state index contributed by atoms with van der Waals surface area (Å²) in [6.07, 6.45) is 5.38. The van der Waals surface area contributed by atoms with Crippen molar-refractivity contribution in [3.05, 3.63) is 52.8 Å². The summed E-state index contributed by atoms with van der Waals surface area (Å²) in [4.78, 5) is 12.7. The maximum absolute atomic E-state index is 12.7. The second-order valence-electron chi connectivity index (χ2n) is 6.28. The summed E-state index contributed by atoms with van der Waals surface area (Å²) in [7, 11) is 0. The molecule has 1 fully saturated rings. The van der Waals surface area contributed by atoms with Gasteiger partial charge in [0.25, 0.3) is 5.91 Å². The summed E-state index contributed by atoms with van der Waals surface area (Å²) in [5.41, 5.74) is 2.93. The number of nitrogens with zero attached hydrogens (tertiary/aromatic N) is 3. The van der Waals surface area contributed by atoms with Crippen LogP contribution in [0.1, 0.15) is 52.9 Å². The highest BCUT2D eigenvalue weighted by Gasteiger charge is 2.30. The van der Waals surface area contributed by atoms with Crippen molar-refractivity contribution < 1.29 is 9.53 Å². The number of ether oxygens (including phenoxy) is 1. The average Bonchev–Trinajstić information content (AvgIpc) is 3.11. The third-order valence-corrected chi connectivity index (χ3v) is 4.54. The van der Waals surface area contributed by atoms with Crippen LogP contribution in [0.3, 0.4) is 0 Å². The number of aromatic nitrogens is 2. The number of carbonyl (C=O) groups excluding carboxylic acids is 1. The molecule has 0 unspecified atom stereocenters. The topological polar surface area (TPSA) is 79.9 Å². The molecule has 0 bridgehead atoms. The van der Waals surface area contributed by atoms with Gasteiger partial charge in [-0.2, -0.15) is 10.4 Å². The Labute approximate surface area is 147 Å². The van der Waals surface area contributed by atoms with E-state index in [1.807, 2.05) is 30.9 Å². The Morgan fingerprint density at radius 3 is 3.04 bits per heavy atom. The van der Waals surface area contributed by atoms with Crippen molar-refractivity contribution in [3.8, 4) is 6.07 Å². The Balaban J connectivity index is 1.77. The van der Waals surface area contributed by atoms with Crippen molar-refractivity contribution in [3.63, 3.8) is 0 Å². The maximum atomic E-state index is 12.7. The Bertz CT molecular complexity index is 806. The van der Waals surface area contributed by atoms with Gasteiger partial charge in [-0.1, -0.05) is 0 Å². The minimum absolute atomic E-state index is 0.0919. The van der Waals surface area contributed by atoms with Crippen LogP contribution in [0.15, 0.2) is 30.6 Å². The first-order valence-electron chi connectivity index (χ1n) is 8.58. The summed E-state index contributed by atoms with van der Waals surface area (Å²) in [5, 5.41) is 16.4. The van der Waals surface area contributed by atoms with Crippen molar-refractivity contribution in [1.82, 2.24) is 15.1 Å².